The summed E-state index contributed by atoms with van der Waals surface area (Å²) >= 11 is 6.62. The van der Waals surface area contributed by atoms with Crippen LogP contribution in [0.3, 0.4) is 0 Å². The van der Waals surface area contributed by atoms with Crippen molar-refractivity contribution in [3.8, 4) is 11.1 Å². The van der Waals surface area contributed by atoms with E-state index in [0.29, 0.717) is 17.3 Å². The molecule has 4 rings (SSSR count). The van der Waals surface area contributed by atoms with Crippen molar-refractivity contribution in [1.29, 1.82) is 0 Å². The first-order valence-corrected chi connectivity index (χ1v) is 13.8. The van der Waals surface area contributed by atoms with Crippen LogP contribution in [0.2, 0.25) is 5.02 Å². The number of benzene rings is 3. The molecule has 1 amide bonds. The number of nitrogens with zero attached hydrogens (tertiary/aromatic N) is 3. The summed E-state index contributed by atoms with van der Waals surface area (Å²) in [6, 6.07) is 19.1. The van der Waals surface area contributed by atoms with Gasteiger partial charge in [0.2, 0.25) is 5.91 Å². The smallest absolute Gasteiger partial charge is 0.330 e. The molecule has 0 atom stereocenters. The minimum absolute atomic E-state index is 0.0309. The normalized spacial score (nSPS) is 13.6. The number of carbonyl (C=O) groups excluding carboxylic acids is 2. The summed E-state index contributed by atoms with van der Waals surface area (Å²) in [5.41, 5.74) is 5.41. The van der Waals surface area contributed by atoms with Crippen LogP contribution in [0.15, 0.2) is 66.7 Å². The first-order valence-electron chi connectivity index (χ1n) is 13.5. The van der Waals surface area contributed by atoms with Gasteiger partial charge in [-0.3, -0.25) is 4.79 Å². The van der Waals surface area contributed by atoms with E-state index in [1.165, 1.54) is 13.2 Å². The zero-order valence-electron chi connectivity index (χ0n) is 23.2. The Balaban J connectivity index is 1.68. The highest BCUT2D eigenvalue weighted by atomic mass is 35.5. The number of rotatable bonds is 8. The van der Waals surface area contributed by atoms with Crippen molar-refractivity contribution in [3.05, 3.63) is 94.3 Å². The van der Waals surface area contributed by atoms with Gasteiger partial charge in [0, 0.05) is 49.0 Å². The molecule has 206 valence electrons. The molecule has 0 N–H and O–H groups in total. The van der Waals surface area contributed by atoms with Gasteiger partial charge < -0.3 is 14.5 Å². The minimum Gasteiger partial charge on any atom is -0.466 e. The van der Waals surface area contributed by atoms with Crippen LogP contribution in [-0.4, -0.2) is 33.1 Å². The van der Waals surface area contributed by atoms with Crippen LogP contribution in [0, 0.1) is 12.5 Å². The SMILES string of the molecule is [C-]#[N+]c1cc(CN(C(=O)C2CCCCC2)c2cccc(/C=C/C(=O)OC)c2)ccc1-c1ccc(N(C)C)cc1Cl. The molecule has 1 fully saturated rings. The Hall–Kier alpha value is -4.08. The monoisotopic (exact) mass is 555 g/mol. The van der Waals surface area contributed by atoms with Crippen molar-refractivity contribution < 1.29 is 14.3 Å². The lowest BCUT2D eigenvalue weighted by Gasteiger charge is -2.30. The molecule has 1 saturated carbocycles. The van der Waals surface area contributed by atoms with Gasteiger partial charge in [0.25, 0.3) is 0 Å². The molecule has 1 aliphatic rings. The summed E-state index contributed by atoms with van der Waals surface area (Å²) in [5.74, 6) is -0.384. The largest absolute Gasteiger partial charge is 0.466 e. The maximum Gasteiger partial charge on any atom is 0.330 e. The molecule has 0 radical (unpaired) electrons. The summed E-state index contributed by atoms with van der Waals surface area (Å²) in [7, 11) is 5.25. The van der Waals surface area contributed by atoms with Gasteiger partial charge in [-0.2, -0.15) is 0 Å². The molecular formula is C33H34ClN3O3. The van der Waals surface area contributed by atoms with Gasteiger partial charge in [-0.05, 0) is 65.4 Å². The number of amides is 1. The first kappa shape index (κ1) is 28.9. The number of hydrogen-bond acceptors (Lipinski definition) is 4. The predicted octanol–water partition coefficient (Wildman–Crippen LogP) is 7.92. The maximum absolute atomic E-state index is 13.9. The Morgan fingerprint density at radius 1 is 1.00 bits per heavy atom. The number of methoxy groups -OCH3 is 1. The van der Waals surface area contributed by atoms with Gasteiger partial charge in [0.15, 0.2) is 5.69 Å². The zero-order valence-corrected chi connectivity index (χ0v) is 23.9. The van der Waals surface area contributed by atoms with Crippen molar-refractivity contribution in [2.45, 2.75) is 38.6 Å². The molecule has 0 spiro atoms. The van der Waals surface area contributed by atoms with Crippen LogP contribution in [-0.2, 0) is 20.9 Å². The van der Waals surface area contributed by atoms with Crippen molar-refractivity contribution in [2.24, 2.45) is 5.92 Å². The average Bonchev–Trinajstić information content (AvgIpc) is 2.98. The molecule has 3 aromatic rings. The molecule has 0 unspecified atom stereocenters. The van der Waals surface area contributed by atoms with E-state index in [1.807, 2.05) is 84.6 Å². The second-order valence-corrected chi connectivity index (χ2v) is 10.6. The van der Waals surface area contributed by atoms with Crippen LogP contribution < -0.4 is 9.80 Å². The fourth-order valence-corrected chi connectivity index (χ4v) is 5.35. The van der Waals surface area contributed by atoms with Crippen molar-refractivity contribution in [3.63, 3.8) is 0 Å². The quantitative estimate of drug-likeness (QED) is 0.161. The molecular weight excluding hydrogens is 522 g/mol. The number of esters is 1. The fourth-order valence-electron chi connectivity index (χ4n) is 5.07. The Morgan fingerprint density at radius 2 is 1.75 bits per heavy atom. The third-order valence-corrected chi connectivity index (χ3v) is 7.61. The van der Waals surface area contributed by atoms with Crippen molar-refractivity contribution >= 4 is 46.6 Å². The molecule has 0 heterocycles. The zero-order chi connectivity index (χ0) is 28.6. The molecule has 0 bridgehead atoms. The number of ether oxygens (including phenoxy) is 1. The Morgan fingerprint density at radius 3 is 2.42 bits per heavy atom. The average molecular weight is 556 g/mol. The number of hydrogen-bond donors (Lipinski definition) is 0. The maximum atomic E-state index is 13.9. The Kier molecular flexibility index (Phi) is 9.63. The van der Waals surface area contributed by atoms with Crippen LogP contribution in [0.4, 0.5) is 17.1 Å². The Labute approximate surface area is 241 Å². The van der Waals surface area contributed by atoms with E-state index in [-0.39, 0.29) is 11.8 Å². The molecule has 0 saturated heterocycles. The second-order valence-electron chi connectivity index (χ2n) is 10.2. The van der Waals surface area contributed by atoms with Crippen LogP contribution in [0.5, 0.6) is 0 Å². The van der Waals surface area contributed by atoms with Crippen LogP contribution in [0.1, 0.15) is 43.2 Å². The molecule has 0 aliphatic heterocycles. The third-order valence-electron chi connectivity index (χ3n) is 7.30. The summed E-state index contributed by atoms with van der Waals surface area (Å²) in [5, 5.41) is 0.578. The van der Waals surface area contributed by atoms with E-state index in [0.717, 1.165) is 65.7 Å². The minimum atomic E-state index is -0.441. The standard InChI is InChI=1S/C33H34ClN3O3/c1-35-31-20-24(13-16-29(31)28-17-15-26(36(2)3)21-30(28)34)22-37(33(39)25-10-6-5-7-11-25)27-12-8-9-23(19-27)14-18-32(38)40-4/h8-9,12-21,25H,5-7,10-11,22H2,2-4H3/b18-14+. The predicted molar refractivity (Wildman–Crippen MR) is 163 cm³/mol. The van der Waals surface area contributed by atoms with E-state index in [1.54, 1.807) is 6.08 Å². The summed E-state index contributed by atoms with van der Waals surface area (Å²) < 4.78 is 4.71. The Bertz CT molecular complexity index is 1450. The lowest BCUT2D eigenvalue weighted by molar-refractivity contribution is -0.134. The molecule has 3 aromatic carbocycles. The van der Waals surface area contributed by atoms with Crippen LogP contribution in [0.25, 0.3) is 22.0 Å². The fraction of sp³-hybridized carbons (Fsp3) is 0.303. The molecule has 7 heteroatoms. The lowest BCUT2D eigenvalue weighted by atomic mass is 9.88. The second kappa shape index (κ2) is 13.3. The molecule has 1 aliphatic carbocycles. The number of anilines is 2. The highest BCUT2D eigenvalue weighted by Gasteiger charge is 2.27. The van der Waals surface area contributed by atoms with Gasteiger partial charge in [-0.25, -0.2) is 9.64 Å². The third kappa shape index (κ3) is 6.91. The van der Waals surface area contributed by atoms with Crippen molar-refractivity contribution in [2.75, 3.05) is 31.0 Å². The first-order chi connectivity index (χ1) is 19.3. The van der Waals surface area contributed by atoms with E-state index >= 15 is 0 Å². The number of carbonyl (C=O) groups is 2. The molecule has 40 heavy (non-hydrogen) atoms. The van der Waals surface area contributed by atoms with Gasteiger partial charge in [-0.1, -0.05) is 67.3 Å². The van der Waals surface area contributed by atoms with Gasteiger partial charge >= 0.3 is 5.97 Å². The van der Waals surface area contributed by atoms with Gasteiger partial charge in [-0.15, -0.1) is 0 Å². The van der Waals surface area contributed by atoms with E-state index in [4.69, 9.17) is 22.9 Å². The highest BCUT2D eigenvalue weighted by Crippen LogP contribution is 2.38. The summed E-state index contributed by atoms with van der Waals surface area (Å²) in [6.45, 7) is 8.20. The van der Waals surface area contributed by atoms with E-state index < -0.39 is 5.97 Å². The molecule has 6 nitrogen and oxygen atoms in total. The topological polar surface area (TPSA) is 54.2 Å². The van der Waals surface area contributed by atoms with Gasteiger partial charge in [0.05, 0.1) is 13.7 Å². The summed E-state index contributed by atoms with van der Waals surface area (Å²) in [6.07, 6.45) is 8.06. The van der Waals surface area contributed by atoms with E-state index in [9.17, 15) is 9.59 Å². The van der Waals surface area contributed by atoms with E-state index in [2.05, 4.69) is 4.85 Å². The lowest BCUT2D eigenvalue weighted by Crippen LogP contribution is -2.36. The van der Waals surface area contributed by atoms with Gasteiger partial charge in [0.1, 0.15) is 0 Å². The van der Waals surface area contributed by atoms with Crippen molar-refractivity contribution in [1.82, 2.24) is 0 Å². The molecule has 0 aromatic heterocycles. The highest BCUT2D eigenvalue weighted by molar-refractivity contribution is 6.33. The summed E-state index contributed by atoms with van der Waals surface area (Å²) in [4.78, 5) is 33.1. The number of halogens is 1. The van der Waals surface area contributed by atoms with Crippen LogP contribution >= 0.6 is 11.6 Å².